The summed E-state index contributed by atoms with van der Waals surface area (Å²) in [6.07, 6.45) is 3.69. The first-order valence-electron chi connectivity index (χ1n) is 9.78. The van der Waals surface area contributed by atoms with E-state index < -0.39 is 10.0 Å². The number of fused-ring (bicyclic) bond motifs is 1. The maximum absolute atomic E-state index is 13.6. The van der Waals surface area contributed by atoms with E-state index in [0.717, 1.165) is 24.0 Å². The molecule has 6 heteroatoms. The third-order valence-corrected chi connectivity index (χ3v) is 8.20. The zero-order valence-electron chi connectivity index (χ0n) is 17.1. The van der Waals surface area contributed by atoms with Gasteiger partial charge in [0, 0.05) is 12.6 Å². The van der Waals surface area contributed by atoms with E-state index in [9.17, 15) is 8.42 Å². The van der Waals surface area contributed by atoms with Crippen LogP contribution >= 0.6 is 0 Å². The molecule has 154 valence electrons. The average Bonchev–Trinajstić information content (AvgIpc) is 3.30. The van der Waals surface area contributed by atoms with Crippen LogP contribution in [0.5, 0.6) is 11.5 Å². The highest BCUT2D eigenvalue weighted by atomic mass is 32.2. The molecule has 5 nitrogen and oxygen atoms in total. The van der Waals surface area contributed by atoms with Gasteiger partial charge >= 0.3 is 0 Å². The van der Waals surface area contributed by atoms with Crippen LogP contribution in [0.2, 0.25) is 0 Å². The lowest BCUT2D eigenvalue weighted by atomic mass is 9.87. The Labute approximate surface area is 173 Å². The molecule has 0 amide bonds. The quantitative estimate of drug-likeness (QED) is 0.634. The lowest BCUT2D eigenvalue weighted by molar-refractivity contribution is 0.283. The summed E-state index contributed by atoms with van der Waals surface area (Å²) in [5.41, 5.74) is 1.82. The number of piperidine rings is 1. The fourth-order valence-electron chi connectivity index (χ4n) is 4.79. The van der Waals surface area contributed by atoms with Gasteiger partial charge in [-0.2, -0.15) is 4.31 Å². The molecule has 1 saturated heterocycles. The first-order chi connectivity index (χ1) is 13.9. The van der Waals surface area contributed by atoms with Gasteiger partial charge < -0.3 is 9.47 Å². The number of sulfonamides is 1. The second-order valence-corrected chi connectivity index (χ2v) is 9.95. The molecule has 2 aromatic carbocycles. The number of rotatable bonds is 7. The fraction of sp³-hybridized carbons (Fsp3) is 0.391. The van der Waals surface area contributed by atoms with Gasteiger partial charge in [-0.05, 0) is 60.9 Å². The first kappa shape index (κ1) is 20.0. The Kier molecular flexibility index (Phi) is 4.95. The summed E-state index contributed by atoms with van der Waals surface area (Å²) in [7, 11) is -0.424. The Balaban J connectivity index is 1.83. The third kappa shape index (κ3) is 3.24. The molecule has 1 aliphatic heterocycles. The fourth-order valence-corrected chi connectivity index (χ4v) is 6.53. The standard InChI is InChI=1S/C23H27NO4S/c1-5-10-23-14-18(23)15-24(29(25,26)21-8-6-16(2)7-9-21)22(23)17-11-19(27-3)13-20(12-17)28-4/h5-9,11-13,18,22H,1,10,14-15H2,2-4H3/t18-,22+,23-/m0/s1. The molecule has 0 radical (unpaired) electrons. The largest absolute Gasteiger partial charge is 0.497 e. The summed E-state index contributed by atoms with van der Waals surface area (Å²) in [6.45, 7) is 6.40. The van der Waals surface area contributed by atoms with Crippen LogP contribution in [0.25, 0.3) is 0 Å². The van der Waals surface area contributed by atoms with Crippen molar-refractivity contribution in [1.29, 1.82) is 0 Å². The van der Waals surface area contributed by atoms with Gasteiger partial charge in [0.05, 0.1) is 25.2 Å². The monoisotopic (exact) mass is 413 g/mol. The van der Waals surface area contributed by atoms with E-state index in [1.807, 2.05) is 43.3 Å². The number of ether oxygens (including phenoxy) is 2. The summed E-state index contributed by atoms with van der Waals surface area (Å²) in [4.78, 5) is 0.331. The minimum Gasteiger partial charge on any atom is -0.497 e. The smallest absolute Gasteiger partial charge is 0.243 e. The van der Waals surface area contributed by atoms with Gasteiger partial charge in [0.1, 0.15) is 11.5 Å². The van der Waals surface area contributed by atoms with Crippen LogP contribution in [0.3, 0.4) is 0 Å². The van der Waals surface area contributed by atoms with Crippen LogP contribution < -0.4 is 9.47 Å². The maximum atomic E-state index is 13.6. The Morgan fingerprint density at radius 3 is 2.31 bits per heavy atom. The summed E-state index contributed by atoms with van der Waals surface area (Å²) >= 11 is 0. The van der Waals surface area contributed by atoms with Crippen LogP contribution in [-0.4, -0.2) is 33.5 Å². The molecule has 0 unspecified atom stereocenters. The van der Waals surface area contributed by atoms with Crippen molar-refractivity contribution in [3.8, 4) is 11.5 Å². The minimum absolute atomic E-state index is 0.114. The molecule has 0 bridgehead atoms. The molecule has 0 aromatic heterocycles. The summed E-state index contributed by atoms with van der Waals surface area (Å²) in [6, 6.07) is 12.4. The second-order valence-electron chi connectivity index (χ2n) is 8.06. The molecule has 0 N–H and O–H groups in total. The van der Waals surface area contributed by atoms with Crippen LogP contribution in [0.1, 0.15) is 30.0 Å². The van der Waals surface area contributed by atoms with Crippen molar-refractivity contribution < 1.29 is 17.9 Å². The van der Waals surface area contributed by atoms with Gasteiger partial charge in [-0.25, -0.2) is 8.42 Å². The van der Waals surface area contributed by atoms with Crippen molar-refractivity contribution in [2.75, 3.05) is 20.8 Å². The van der Waals surface area contributed by atoms with Crippen molar-refractivity contribution in [2.45, 2.75) is 30.7 Å². The molecule has 3 atom stereocenters. The topological polar surface area (TPSA) is 55.8 Å². The molecule has 2 aliphatic rings. The minimum atomic E-state index is -3.63. The number of benzene rings is 2. The van der Waals surface area contributed by atoms with Gasteiger partial charge in [-0.15, -0.1) is 6.58 Å². The predicted octanol–water partition coefficient (Wildman–Crippen LogP) is 4.34. The number of aryl methyl sites for hydroxylation is 1. The molecular formula is C23H27NO4S. The van der Waals surface area contributed by atoms with E-state index in [1.165, 1.54) is 0 Å². The SMILES string of the molecule is C=CC[C@]12C[C@H]1CN(S(=O)(=O)c1ccc(C)cc1)[C@@H]2c1cc(OC)cc(OC)c1. The first-order valence-corrected chi connectivity index (χ1v) is 11.2. The average molecular weight is 414 g/mol. The summed E-state index contributed by atoms with van der Waals surface area (Å²) < 4.78 is 39.7. The van der Waals surface area contributed by atoms with E-state index in [-0.39, 0.29) is 11.5 Å². The molecule has 2 aromatic rings. The lowest BCUT2D eigenvalue weighted by Crippen LogP contribution is -2.35. The highest BCUT2D eigenvalue weighted by molar-refractivity contribution is 7.89. The van der Waals surface area contributed by atoms with Gasteiger partial charge in [0.15, 0.2) is 0 Å². The van der Waals surface area contributed by atoms with E-state index in [4.69, 9.17) is 9.47 Å². The zero-order valence-corrected chi connectivity index (χ0v) is 17.9. The predicted molar refractivity (Wildman–Crippen MR) is 113 cm³/mol. The molecule has 1 heterocycles. The summed E-state index contributed by atoms with van der Waals surface area (Å²) in [5.74, 6) is 1.65. The van der Waals surface area contributed by atoms with E-state index in [0.29, 0.717) is 28.9 Å². The van der Waals surface area contributed by atoms with Gasteiger partial charge in [0.2, 0.25) is 10.0 Å². The second kappa shape index (κ2) is 7.18. The molecule has 1 aliphatic carbocycles. The number of nitrogens with zero attached hydrogens (tertiary/aromatic N) is 1. The number of hydrogen-bond donors (Lipinski definition) is 0. The molecule has 1 saturated carbocycles. The van der Waals surface area contributed by atoms with Crippen LogP contribution in [0, 0.1) is 18.3 Å². The lowest BCUT2D eigenvalue weighted by Gasteiger charge is -2.32. The van der Waals surface area contributed by atoms with Crippen molar-refractivity contribution in [3.63, 3.8) is 0 Å². The summed E-state index contributed by atoms with van der Waals surface area (Å²) in [5, 5.41) is 0. The van der Waals surface area contributed by atoms with Crippen molar-refractivity contribution in [3.05, 3.63) is 66.2 Å². The Hall–Kier alpha value is -2.31. The van der Waals surface area contributed by atoms with Gasteiger partial charge in [0.25, 0.3) is 0 Å². The Morgan fingerprint density at radius 1 is 1.14 bits per heavy atom. The van der Waals surface area contributed by atoms with Crippen LogP contribution in [0.15, 0.2) is 60.0 Å². The molecule has 29 heavy (non-hydrogen) atoms. The van der Waals surface area contributed by atoms with Crippen LogP contribution in [-0.2, 0) is 10.0 Å². The van der Waals surface area contributed by atoms with Crippen LogP contribution in [0.4, 0.5) is 0 Å². The molecule has 0 spiro atoms. The highest BCUT2D eigenvalue weighted by Gasteiger charge is 2.67. The van der Waals surface area contributed by atoms with E-state index in [2.05, 4.69) is 6.58 Å². The third-order valence-electron chi connectivity index (χ3n) is 6.35. The Bertz CT molecular complexity index is 1010. The van der Waals surface area contributed by atoms with E-state index in [1.54, 1.807) is 30.7 Å². The maximum Gasteiger partial charge on any atom is 0.243 e. The number of allylic oxidation sites excluding steroid dienone is 1. The normalized spacial score (nSPS) is 26.0. The molecule has 2 fully saturated rings. The van der Waals surface area contributed by atoms with E-state index >= 15 is 0 Å². The number of methoxy groups -OCH3 is 2. The van der Waals surface area contributed by atoms with Gasteiger partial charge in [-0.1, -0.05) is 23.8 Å². The van der Waals surface area contributed by atoms with Crippen molar-refractivity contribution >= 4 is 10.0 Å². The Morgan fingerprint density at radius 2 is 1.76 bits per heavy atom. The van der Waals surface area contributed by atoms with Crippen molar-refractivity contribution in [2.24, 2.45) is 11.3 Å². The molecule has 4 rings (SSSR count). The molecular weight excluding hydrogens is 386 g/mol. The highest BCUT2D eigenvalue weighted by Crippen LogP contribution is 2.70. The zero-order chi connectivity index (χ0) is 20.8. The number of hydrogen-bond acceptors (Lipinski definition) is 4. The van der Waals surface area contributed by atoms with Gasteiger partial charge in [-0.3, -0.25) is 0 Å². The van der Waals surface area contributed by atoms with Crippen molar-refractivity contribution in [1.82, 2.24) is 4.31 Å².